The largest absolute Gasteiger partial charge is 0.295 e. The predicted octanol–water partition coefficient (Wildman–Crippen LogP) is 4.06. The van der Waals surface area contributed by atoms with Gasteiger partial charge in [0.1, 0.15) is 0 Å². The molecule has 0 saturated heterocycles. The Morgan fingerprint density at radius 2 is 0.929 bits per heavy atom. The van der Waals surface area contributed by atoms with Crippen molar-refractivity contribution in [2.45, 2.75) is 26.2 Å². The van der Waals surface area contributed by atoms with Crippen LogP contribution < -0.4 is 0 Å². The summed E-state index contributed by atoms with van der Waals surface area (Å²) in [5, 5.41) is 0. The van der Waals surface area contributed by atoms with Crippen LogP contribution in [0.4, 0.5) is 0 Å². The second kappa shape index (κ2) is 10.2. The van der Waals surface area contributed by atoms with Crippen molar-refractivity contribution in [2.75, 3.05) is 14.1 Å². The highest BCUT2D eigenvalue weighted by molar-refractivity contribution is 9.10. The van der Waals surface area contributed by atoms with Crippen LogP contribution in [-0.4, -0.2) is 43.8 Å². The number of hydrogen-bond donors (Lipinski definition) is 0. The van der Waals surface area contributed by atoms with Gasteiger partial charge in [0.05, 0.1) is 35.2 Å². The molecule has 3 rings (SSSR count). The Balaban J connectivity index is 1.49. The van der Waals surface area contributed by atoms with Crippen molar-refractivity contribution in [1.29, 1.82) is 0 Å². The van der Waals surface area contributed by atoms with Crippen LogP contribution in [0.5, 0.6) is 0 Å². The fraction of sp³-hybridized carbons (Fsp3) is 0.300. The predicted molar refractivity (Wildman–Crippen MR) is 116 cm³/mol. The lowest BCUT2D eigenvalue weighted by Gasteiger charge is -2.17. The first kappa shape index (κ1) is 21.0. The van der Waals surface area contributed by atoms with Gasteiger partial charge in [-0.2, -0.15) is 0 Å². The molecule has 3 aromatic heterocycles. The van der Waals surface area contributed by atoms with Gasteiger partial charge in [-0.15, -0.1) is 0 Å². The fourth-order valence-corrected chi connectivity index (χ4v) is 3.23. The van der Waals surface area contributed by atoms with Crippen molar-refractivity contribution in [3.8, 4) is 0 Å². The summed E-state index contributed by atoms with van der Waals surface area (Å²) in [5.41, 5.74) is 3.94. The van der Waals surface area contributed by atoms with Gasteiger partial charge < -0.3 is 0 Å². The molecule has 28 heavy (non-hydrogen) atoms. The zero-order valence-corrected chi connectivity index (χ0v) is 19.1. The highest BCUT2D eigenvalue weighted by Gasteiger charge is 2.07. The standard InChI is InChI=1S/C20H22Br2N6/c1-27(11-17-5-3-15(21)7-23-17)13-19-9-26-20(10-25-19)14-28(2)12-18-6-4-16(22)8-24-18/h3-10H,11-14H2,1-2H3. The molecule has 0 radical (unpaired) electrons. The Bertz CT molecular complexity index is 794. The van der Waals surface area contributed by atoms with Gasteiger partial charge in [0.15, 0.2) is 0 Å². The van der Waals surface area contributed by atoms with Gasteiger partial charge in [-0.3, -0.25) is 29.7 Å². The van der Waals surface area contributed by atoms with Crippen LogP contribution in [0.3, 0.4) is 0 Å². The van der Waals surface area contributed by atoms with E-state index >= 15 is 0 Å². The number of nitrogens with zero attached hydrogens (tertiary/aromatic N) is 6. The van der Waals surface area contributed by atoms with Gasteiger partial charge >= 0.3 is 0 Å². The van der Waals surface area contributed by atoms with E-state index in [1.807, 2.05) is 49.1 Å². The third-order valence-corrected chi connectivity index (χ3v) is 5.00. The average molecular weight is 506 g/mol. The lowest BCUT2D eigenvalue weighted by atomic mass is 10.3. The van der Waals surface area contributed by atoms with Crippen LogP contribution in [0.2, 0.25) is 0 Å². The molecule has 0 fully saturated rings. The molecule has 0 aromatic carbocycles. The van der Waals surface area contributed by atoms with Gasteiger partial charge in [0.2, 0.25) is 0 Å². The summed E-state index contributed by atoms with van der Waals surface area (Å²) in [7, 11) is 4.11. The first-order valence-corrected chi connectivity index (χ1v) is 10.4. The SMILES string of the molecule is CN(Cc1ccc(Br)cn1)Cc1cnc(CN(C)Cc2ccc(Br)cn2)cn1. The molecule has 3 heterocycles. The van der Waals surface area contributed by atoms with Crippen LogP contribution in [0.25, 0.3) is 0 Å². The monoisotopic (exact) mass is 504 g/mol. The Hall–Kier alpha value is -1.74. The second-order valence-electron chi connectivity index (χ2n) is 6.78. The maximum Gasteiger partial charge on any atom is 0.0727 e. The third kappa shape index (κ3) is 6.70. The Kier molecular flexibility index (Phi) is 7.61. The van der Waals surface area contributed by atoms with E-state index in [2.05, 4.69) is 75.7 Å². The number of aromatic nitrogens is 4. The summed E-state index contributed by atoms with van der Waals surface area (Å²) in [6.45, 7) is 2.98. The minimum atomic E-state index is 0.726. The van der Waals surface area contributed by atoms with Crippen molar-refractivity contribution in [1.82, 2.24) is 29.7 Å². The first-order valence-electron chi connectivity index (χ1n) is 8.85. The molecule has 0 aliphatic carbocycles. The lowest BCUT2D eigenvalue weighted by molar-refractivity contribution is 0.305. The summed E-state index contributed by atoms with van der Waals surface area (Å²) in [6.07, 6.45) is 7.34. The van der Waals surface area contributed by atoms with E-state index in [0.29, 0.717) is 0 Å². The second-order valence-corrected chi connectivity index (χ2v) is 8.61. The highest BCUT2D eigenvalue weighted by atomic mass is 79.9. The number of halogens is 2. The van der Waals surface area contributed by atoms with Crippen LogP contribution in [-0.2, 0) is 26.2 Å². The summed E-state index contributed by atoms with van der Waals surface area (Å²) >= 11 is 6.81. The lowest BCUT2D eigenvalue weighted by Crippen LogP contribution is -2.20. The third-order valence-electron chi connectivity index (χ3n) is 4.06. The van der Waals surface area contributed by atoms with Crippen molar-refractivity contribution < 1.29 is 0 Å². The average Bonchev–Trinajstić information content (AvgIpc) is 2.67. The van der Waals surface area contributed by atoms with Crippen molar-refractivity contribution >= 4 is 31.9 Å². The molecule has 3 aromatic rings. The molecule has 0 amide bonds. The molecular weight excluding hydrogens is 484 g/mol. The topological polar surface area (TPSA) is 58.0 Å². The molecule has 0 aliphatic rings. The Labute approximate surface area is 182 Å². The number of pyridine rings is 2. The molecule has 8 heteroatoms. The van der Waals surface area contributed by atoms with E-state index in [1.54, 1.807) is 0 Å². The van der Waals surface area contributed by atoms with E-state index in [4.69, 9.17) is 0 Å². The zero-order chi connectivity index (χ0) is 19.9. The Morgan fingerprint density at radius 1 is 0.571 bits per heavy atom. The number of hydrogen-bond acceptors (Lipinski definition) is 6. The van der Waals surface area contributed by atoms with E-state index in [1.165, 1.54) is 0 Å². The molecule has 0 bridgehead atoms. The van der Waals surface area contributed by atoms with E-state index in [0.717, 1.165) is 57.9 Å². The molecule has 0 unspecified atom stereocenters. The quantitative estimate of drug-likeness (QED) is 0.460. The van der Waals surface area contributed by atoms with Crippen molar-refractivity contribution in [3.05, 3.63) is 80.8 Å². The molecule has 6 nitrogen and oxygen atoms in total. The van der Waals surface area contributed by atoms with Crippen molar-refractivity contribution in [2.24, 2.45) is 0 Å². The Morgan fingerprint density at radius 3 is 1.25 bits per heavy atom. The van der Waals surface area contributed by atoms with Gasteiger partial charge in [-0.25, -0.2) is 0 Å². The molecule has 0 saturated carbocycles. The molecule has 0 N–H and O–H groups in total. The fourth-order valence-electron chi connectivity index (χ4n) is 2.76. The normalized spacial score (nSPS) is 11.4. The summed E-state index contributed by atoms with van der Waals surface area (Å²) < 4.78 is 1.97. The summed E-state index contributed by atoms with van der Waals surface area (Å²) in [6, 6.07) is 8.05. The molecule has 0 spiro atoms. The first-order chi connectivity index (χ1) is 13.5. The molecular formula is C20H22Br2N6. The minimum absolute atomic E-state index is 0.726. The minimum Gasteiger partial charge on any atom is -0.295 e. The van der Waals surface area contributed by atoms with Gasteiger partial charge in [0.25, 0.3) is 0 Å². The maximum atomic E-state index is 4.57. The molecule has 146 valence electrons. The molecule has 0 atom stereocenters. The summed E-state index contributed by atoms with van der Waals surface area (Å²) in [5.74, 6) is 0. The van der Waals surface area contributed by atoms with Crippen LogP contribution in [0.15, 0.2) is 58.0 Å². The summed E-state index contributed by atoms with van der Waals surface area (Å²) in [4.78, 5) is 22.3. The van der Waals surface area contributed by atoms with Crippen molar-refractivity contribution in [3.63, 3.8) is 0 Å². The van der Waals surface area contributed by atoms with Gasteiger partial charge in [-0.1, -0.05) is 0 Å². The maximum absolute atomic E-state index is 4.57. The van der Waals surface area contributed by atoms with Gasteiger partial charge in [-0.05, 0) is 70.2 Å². The highest BCUT2D eigenvalue weighted by Crippen LogP contribution is 2.11. The molecule has 0 aliphatic heterocycles. The van der Waals surface area contributed by atoms with Crippen LogP contribution in [0, 0.1) is 0 Å². The van der Waals surface area contributed by atoms with Crippen LogP contribution in [0.1, 0.15) is 22.8 Å². The van der Waals surface area contributed by atoms with E-state index in [-0.39, 0.29) is 0 Å². The van der Waals surface area contributed by atoms with E-state index < -0.39 is 0 Å². The van der Waals surface area contributed by atoms with Crippen LogP contribution >= 0.6 is 31.9 Å². The number of rotatable bonds is 8. The van der Waals surface area contributed by atoms with E-state index in [9.17, 15) is 0 Å². The smallest absolute Gasteiger partial charge is 0.0727 e. The zero-order valence-electron chi connectivity index (χ0n) is 15.9. The van der Waals surface area contributed by atoms with Gasteiger partial charge in [0, 0.05) is 47.5 Å².